The molecule has 0 heterocycles. The van der Waals surface area contributed by atoms with Gasteiger partial charge in [-0.05, 0) is 12.3 Å². The van der Waals surface area contributed by atoms with Crippen molar-refractivity contribution in [2.75, 3.05) is 13.7 Å². The Morgan fingerprint density at radius 1 is 1.33 bits per heavy atom. The summed E-state index contributed by atoms with van der Waals surface area (Å²) >= 11 is 0. The summed E-state index contributed by atoms with van der Waals surface area (Å²) in [5, 5.41) is 9.22. The van der Waals surface area contributed by atoms with Gasteiger partial charge in [0.15, 0.2) is 0 Å². The van der Waals surface area contributed by atoms with Gasteiger partial charge in [0, 0.05) is 0 Å². The highest BCUT2D eigenvalue weighted by atomic mass is 32.2. The fourth-order valence-corrected chi connectivity index (χ4v) is 1.86. The molecule has 2 unspecified atom stereocenters. The van der Waals surface area contributed by atoms with Crippen LogP contribution in [-0.2, 0) is 23.8 Å². The normalized spacial score (nSPS) is 15.1. The molecule has 6 nitrogen and oxygen atoms in total. The average molecular weight is 282 g/mol. The van der Waals surface area contributed by atoms with E-state index in [1.165, 1.54) is 0 Å². The lowest BCUT2D eigenvalue weighted by Crippen LogP contribution is -2.33. The second-order valence-electron chi connectivity index (χ2n) is 4.06. The van der Waals surface area contributed by atoms with Crippen LogP contribution in [0.3, 0.4) is 0 Å². The van der Waals surface area contributed by atoms with Crippen LogP contribution in [0.25, 0.3) is 0 Å². The summed E-state index contributed by atoms with van der Waals surface area (Å²) in [5.41, 5.74) is -2.27. The fourth-order valence-electron chi connectivity index (χ4n) is 1.38. The molecule has 0 aromatic heterocycles. The molecule has 0 aliphatic carbocycles. The second-order valence-corrected chi connectivity index (χ2v) is 5.82. The van der Waals surface area contributed by atoms with Crippen molar-refractivity contribution < 1.29 is 27.2 Å². The molecule has 0 saturated heterocycles. The average Bonchev–Trinajstić information content (AvgIpc) is 2.37. The zero-order chi connectivity index (χ0) is 14.2. The van der Waals surface area contributed by atoms with Gasteiger partial charge >= 0.3 is 16.1 Å². The van der Waals surface area contributed by atoms with Gasteiger partial charge < -0.3 is 9.84 Å². The molecule has 0 saturated carbocycles. The lowest BCUT2D eigenvalue weighted by molar-refractivity contribution is -0.150. The Hall–Kier alpha value is -0.660. The first-order valence-corrected chi connectivity index (χ1v) is 7.50. The van der Waals surface area contributed by atoms with Gasteiger partial charge in [0.25, 0.3) is 5.44 Å². The molecule has 18 heavy (non-hydrogen) atoms. The van der Waals surface area contributed by atoms with Gasteiger partial charge in [0.05, 0.1) is 13.7 Å². The quantitative estimate of drug-likeness (QED) is 0.502. The van der Waals surface area contributed by atoms with E-state index in [0.717, 1.165) is 32.8 Å². The summed E-state index contributed by atoms with van der Waals surface area (Å²) in [6.45, 7) is 4.15. The maximum absolute atomic E-state index is 11.3. The van der Waals surface area contributed by atoms with Crippen molar-refractivity contribution in [3.8, 4) is 0 Å². The summed E-state index contributed by atoms with van der Waals surface area (Å²) in [5.74, 6) is -1.00. The predicted octanol–water partition coefficient (Wildman–Crippen LogP) is 1.04. The zero-order valence-electron chi connectivity index (χ0n) is 11.1. The maximum Gasteiger partial charge on any atom is 0.353 e. The summed E-state index contributed by atoms with van der Waals surface area (Å²) < 4.78 is 30.9. The van der Waals surface area contributed by atoms with Gasteiger partial charge in [-0.25, -0.2) is 4.79 Å². The Morgan fingerprint density at radius 3 is 2.39 bits per heavy atom. The van der Waals surface area contributed by atoms with Gasteiger partial charge in [-0.1, -0.05) is 33.1 Å². The number of carbonyl (C=O) groups is 1. The summed E-state index contributed by atoms with van der Waals surface area (Å²) in [7, 11) is -3.41. The number of ether oxygens (including phenoxy) is 1. The first-order chi connectivity index (χ1) is 8.38. The number of unbranched alkanes of at least 4 members (excludes halogenated alkanes) is 1. The smallest absolute Gasteiger partial charge is 0.353 e. The van der Waals surface area contributed by atoms with Gasteiger partial charge in [-0.15, -0.1) is 0 Å². The molecular formula is C11H22O6S. The van der Waals surface area contributed by atoms with Crippen molar-refractivity contribution >= 4 is 16.1 Å². The Morgan fingerprint density at radius 2 is 1.94 bits per heavy atom. The maximum atomic E-state index is 11.3. The van der Waals surface area contributed by atoms with Crippen molar-refractivity contribution in [1.29, 1.82) is 0 Å². The van der Waals surface area contributed by atoms with Crippen molar-refractivity contribution in [3.05, 3.63) is 0 Å². The molecule has 0 rings (SSSR count). The molecule has 0 radical (unpaired) electrons. The molecule has 108 valence electrons. The molecule has 2 atom stereocenters. The van der Waals surface area contributed by atoms with Crippen molar-refractivity contribution in [3.63, 3.8) is 0 Å². The molecule has 0 aromatic carbocycles. The number of hydrogen-bond donors (Lipinski definition) is 1. The lowest BCUT2D eigenvalue weighted by Gasteiger charge is -2.16. The van der Waals surface area contributed by atoms with E-state index in [4.69, 9.17) is 4.74 Å². The molecule has 0 amide bonds. The van der Waals surface area contributed by atoms with E-state index < -0.39 is 21.5 Å². The Labute approximate surface area is 108 Å². The van der Waals surface area contributed by atoms with Crippen molar-refractivity contribution in [2.45, 2.75) is 45.0 Å². The summed E-state index contributed by atoms with van der Waals surface area (Å²) in [6.07, 6.45) is 3.81. The largest absolute Gasteiger partial charge is 0.463 e. The molecule has 1 N–H and O–H groups in total. The standard InChI is InChI=1S/C11H22O6S/c1-4-6-7-9(5-2)8-17-10(12)11(13)18(14,15)16-3/h9,11,13H,4-8H2,1-3H3. The highest BCUT2D eigenvalue weighted by molar-refractivity contribution is 7.87. The number of aliphatic hydroxyl groups excluding tert-OH is 1. The van der Waals surface area contributed by atoms with Crippen LogP contribution in [0.15, 0.2) is 0 Å². The predicted molar refractivity (Wildman–Crippen MR) is 66.2 cm³/mol. The molecule has 0 bridgehead atoms. The highest BCUT2D eigenvalue weighted by Crippen LogP contribution is 2.13. The van der Waals surface area contributed by atoms with E-state index in [1.807, 2.05) is 6.92 Å². The minimum absolute atomic E-state index is 0.117. The molecule has 0 aromatic rings. The molecule has 0 spiro atoms. The van der Waals surface area contributed by atoms with Crippen molar-refractivity contribution in [2.24, 2.45) is 5.92 Å². The zero-order valence-corrected chi connectivity index (χ0v) is 11.9. The Kier molecular flexibility index (Phi) is 8.13. The van der Waals surface area contributed by atoms with E-state index >= 15 is 0 Å². The first-order valence-electron chi connectivity index (χ1n) is 6.03. The third kappa shape index (κ3) is 5.79. The third-order valence-electron chi connectivity index (χ3n) is 2.71. The molecule has 7 heteroatoms. The molecule has 0 aliphatic heterocycles. The van der Waals surface area contributed by atoms with Crippen LogP contribution in [0.4, 0.5) is 0 Å². The number of esters is 1. The monoisotopic (exact) mass is 282 g/mol. The fraction of sp³-hybridized carbons (Fsp3) is 0.909. The third-order valence-corrected chi connectivity index (χ3v) is 3.92. The van der Waals surface area contributed by atoms with Gasteiger partial charge in [-0.2, -0.15) is 8.42 Å². The SMILES string of the molecule is CCCCC(CC)COC(=O)C(O)S(=O)(=O)OC. The van der Waals surface area contributed by atoms with Crippen LogP contribution in [0, 0.1) is 5.92 Å². The van der Waals surface area contributed by atoms with E-state index in [2.05, 4.69) is 11.1 Å². The van der Waals surface area contributed by atoms with Crippen LogP contribution in [0.5, 0.6) is 0 Å². The highest BCUT2D eigenvalue weighted by Gasteiger charge is 2.32. The number of rotatable bonds is 9. The molecule has 0 aliphatic rings. The summed E-state index contributed by atoms with van der Waals surface area (Å²) in [4.78, 5) is 11.3. The molecular weight excluding hydrogens is 260 g/mol. The minimum Gasteiger partial charge on any atom is -0.463 e. The van der Waals surface area contributed by atoms with Crippen LogP contribution in [-0.4, -0.2) is 38.6 Å². The lowest BCUT2D eigenvalue weighted by atomic mass is 10.0. The van der Waals surface area contributed by atoms with Crippen LogP contribution in [0.1, 0.15) is 39.5 Å². The topological polar surface area (TPSA) is 89.9 Å². The number of carbonyl (C=O) groups excluding carboxylic acids is 1. The first kappa shape index (κ1) is 17.3. The summed E-state index contributed by atoms with van der Waals surface area (Å²) in [6, 6.07) is 0. The Balaban J connectivity index is 4.24. The van der Waals surface area contributed by atoms with Crippen LogP contribution >= 0.6 is 0 Å². The van der Waals surface area contributed by atoms with Gasteiger partial charge in [0.2, 0.25) is 0 Å². The van der Waals surface area contributed by atoms with E-state index in [1.54, 1.807) is 0 Å². The van der Waals surface area contributed by atoms with E-state index in [9.17, 15) is 18.3 Å². The second kappa shape index (κ2) is 8.44. The van der Waals surface area contributed by atoms with Gasteiger partial charge in [-0.3, -0.25) is 4.18 Å². The Bertz CT molecular complexity index is 337. The van der Waals surface area contributed by atoms with Crippen LogP contribution in [0.2, 0.25) is 0 Å². The van der Waals surface area contributed by atoms with E-state index in [0.29, 0.717) is 0 Å². The van der Waals surface area contributed by atoms with Crippen molar-refractivity contribution in [1.82, 2.24) is 0 Å². The minimum atomic E-state index is -4.29. The van der Waals surface area contributed by atoms with E-state index in [-0.39, 0.29) is 12.5 Å². The number of aliphatic hydroxyl groups is 1. The number of hydrogen-bond acceptors (Lipinski definition) is 6. The van der Waals surface area contributed by atoms with Gasteiger partial charge in [0.1, 0.15) is 0 Å². The molecule has 0 fully saturated rings. The van der Waals surface area contributed by atoms with Crippen LogP contribution < -0.4 is 0 Å².